The van der Waals surface area contributed by atoms with Crippen molar-refractivity contribution in [1.82, 2.24) is 9.97 Å². The van der Waals surface area contributed by atoms with E-state index >= 15 is 0 Å². The Balaban J connectivity index is 2.33. The summed E-state index contributed by atoms with van der Waals surface area (Å²) in [7, 11) is 0. The largest absolute Gasteiger partial charge is 0.301 e. The SMILES string of the molecule is CSCCCSc1nccc(=O)[nH]1. The van der Waals surface area contributed by atoms with Gasteiger partial charge in [0.1, 0.15) is 0 Å². The zero-order valence-corrected chi connectivity index (χ0v) is 9.08. The number of nitrogens with one attached hydrogen (secondary N) is 1. The third kappa shape index (κ3) is 4.38. The summed E-state index contributed by atoms with van der Waals surface area (Å²) in [4.78, 5) is 17.6. The first-order valence-corrected chi connectivity index (χ1v) is 6.38. The highest BCUT2D eigenvalue weighted by atomic mass is 32.2. The van der Waals surface area contributed by atoms with Crippen LogP contribution >= 0.6 is 23.5 Å². The molecule has 0 aromatic carbocycles. The molecule has 72 valence electrons. The second kappa shape index (κ2) is 6.10. The van der Waals surface area contributed by atoms with Gasteiger partial charge in [0.15, 0.2) is 5.16 Å². The van der Waals surface area contributed by atoms with Crippen molar-refractivity contribution in [1.29, 1.82) is 0 Å². The van der Waals surface area contributed by atoms with Crippen molar-refractivity contribution in [3.05, 3.63) is 22.6 Å². The van der Waals surface area contributed by atoms with E-state index in [1.165, 1.54) is 12.3 Å². The molecule has 0 bridgehead atoms. The molecule has 0 radical (unpaired) electrons. The van der Waals surface area contributed by atoms with E-state index in [1.807, 2.05) is 11.8 Å². The third-order valence-electron chi connectivity index (χ3n) is 1.38. The quantitative estimate of drug-likeness (QED) is 0.461. The Kier molecular flexibility index (Phi) is 5.00. The Labute approximate surface area is 85.7 Å². The van der Waals surface area contributed by atoms with Crippen molar-refractivity contribution >= 4 is 23.5 Å². The zero-order valence-electron chi connectivity index (χ0n) is 7.45. The van der Waals surface area contributed by atoms with Gasteiger partial charge in [0.25, 0.3) is 5.56 Å². The molecule has 13 heavy (non-hydrogen) atoms. The van der Waals surface area contributed by atoms with Crippen molar-refractivity contribution in [3.63, 3.8) is 0 Å². The van der Waals surface area contributed by atoms with Gasteiger partial charge in [-0.15, -0.1) is 0 Å². The van der Waals surface area contributed by atoms with Crippen LogP contribution < -0.4 is 5.56 Å². The lowest BCUT2D eigenvalue weighted by Crippen LogP contribution is -2.05. The van der Waals surface area contributed by atoms with Crippen LogP contribution in [0.25, 0.3) is 0 Å². The van der Waals surface area contributed by atoms with Gasteiger partial charge in [-0.3, -0.25) is 4.79 Å². The van der Waals surface area contributed by atoms with Gasteiger partial charge < -0.3 is 4.98 Å². The number of nitrogens with zero attached hydrogens (tertiary/aromatic N) is 1. The monoisotopic (exact) mass is 216 g/mol. The normalized spacial score (nSPS) is 10.2. The van der Waals surface area contributed by atoms with E-state index < -0.39 is 0 Å². The minimum absolute atomic E-state index is 0.0811. The molecule has 1 heterocycles. The van der Waals surface area contributed by atoms with E-state index in [0.29, 0.717) is 5.16 Å². The maximum absolute atomic E-state index is 10.9. The first-order chi connectivity index (χ1) is 6.33. The van der Waals surface area contributed by atoms with Crippen molar-refractivity contribution in [3.8, 4) is 0 Å². The number of rotatable bonds is 5. The molecule has 1 N–H and O–H groups in total. The summed E-state index contributed by atoms with van der Waals surface area (Å²) in [6.45, 7) is 0. The van der Waals surface area contributed by atoms with E-state index in [0.717, 1.165) is 17.9 Å². The Morgan fingerprint density at radius 3 is 3.08 bits per heavy atom. The molecule has 0 spiro atoms. The summed E-state index contributed by atoms with van der Waals surface area (Å²) in [5.74, 6) is 2.16. The molecule has 1 aromatic rings. The molecular formula is C8H12N2OS2. The van der Waals surface area contributed by atoms with Gasteiger partial charge in [0, 0.05) is 18.0 Å². The number of hydrogen-bond acceptors (Lipinski definition) is 4. The fraction of sp³-hybridized carbons (Fsp3) is 0.500. The molecule has 0 saturated carbocycles. The third-order valence-corrected chi connectivity index (χ3v) is 3.05. The number of hydrogen-bond donors (Lipinski definition) is 1. The lowest BCUT2D eigenvalue weighted by Gasteiger charge is -1.98. The Bertz CT molecular complexity index is 300. The van der Waals surface area contributed by atoms with Crippen molar-refractivity contribution in [2.45, 2.75) is 11.6 Å². The number of aromatic amines is 1. The van der Waals surface area contributed by atoms with Gasteiger partial charge in [-0.05, 0) is 18.4 Å². The number of aromatic nitrogens is 2. The molecular weight excluding hydrogens is 204 g/mol. The van der Waals surface area contributed by atoms with E-state index in [1.54, 1.807) is 11.8 Å². The molecule has 1 aromatic heterocycles. The van der Waals surface area contributed by atoms with E-state index in [2.05, 4.69) is 16.2 Å². The average molecular weight is 216 g/mol. The second-order valence-electron chi connectivity index (χ2n) is 2.43. The summed E-state index contributed by atoms with van der Waals surface area (Å²) < 4.78 is 0. The number of H-pyrrole nitrogens is 1. The van der Waals surface area contributed by atoms with E-state index in [4.69, 9.17) is 0 Å². The standard InChI is InChI=1S/C8H12N2OS2/c1-12-5-2-6-13-8-9-4-3-7(11)10-8/h3-4H,2,5-6H2,1H3,(H,9,10,11). The molecule has 0 aliphatic rings. The second-order valence-corrected chi connectivity index (χ2v) is 4.50. The van der Waals surface area contributed by atoms with Gasteiger partial charge in [-0.25, -0.2) is 4.98 Å². The van der Waals surface area contributed by atoms with Crippen molar-refractivity contribution in [2.24, 2.45) is 0 Å². The first kappa shape index (κ1) is 10.7. The highest BCUT2D eigenvalue weighted by molar-refractivity contribution is 7.99. The Hall–Kier alpha value is -0.420. The zero-order chi connectivity index (χ0) is 9.52. The lowest BCUT2D eigenvalue weighted by atomic mass is 10.6. The predicted octanol–water partition coefficient (Wildman–Crippen LogP) is 1.62. The summed E-state index contributed by atoms with van der Waals surface area (Å²) >= 11 is 3.43. The van der Waals surface area contributed by atoms with Gasteiger partial charge in [0.05, 0.1) is 0 Å². The molecule has 0 aliphatic carbocycles. The molecule has 1 rings (SSSR count). The highest BCUT2D eigenvalue weighted by Gasteiger charge is 1.95. The van der Waals surface area contributed by atoms with Crippen LogP contribution in [0.15, 0.2) is 22.2 Å². The van der Waals surface area contributed by atoms with Crippen molar-refractivity contribution < 1.29 is 0 Å². The first-order valence-electron chi connectivity index (χ1n) is 4.00. The smallest absolute Gasteiger partial charge is 0.251 e. The lowest BCUT2D eigenvalue weighted by molar-refractivity contribution is 0.933. The van der Waals surface area contributed by atoms with E-state index in [-0.39, 0.29) is 5.56 Å². The van der Waals surface area contributed by atoms with Gasteiger partial charge in [0.2, 0.25) is 0 Å². The van der Waals surface area contributed by atoms with Crippen LogP contribution in [0.3, 0.4) is 0 Å². The molecule has 0 atom stereocenters. The van der Waals surface area contributed by atoms with Crippen molar-refractivity contribution in [2.75, 3.05) is 17.8 Å². The Morgan fingerprint density at radius 2 is 2.38 bits per heavy atom. The highest BCUT2D eigenvalue weighted by Crippen LogP contribution is 2.12. The van der Waals surface area contributed by atoms with Crippen LogP contribution in [0, 0.1) is 0 Å². The van der Waals surface area contributed by atoms with Crippen LogP contribution in [0.2, 0.25) is 0 Å². The fourth-order valence-corrected chi connectivity index (χ4v) is 2.20. The number of thioether (sulfide) groups is 2. The summed E-state index contributed by atoms with van der Waals surface area (Å²) in [6, 6.07) is 1.42. The molecule has 0 amide bonds. The molecule has 0 unspecified atom stereocenters. The topological polar surface area (TPSA) is 45.8 Å². The minimum Gasteiger partial charge on any atom is -0.301 e. The molecule has 0 fully saturated rings. The summed E-state index contributed by atoms with van der Waals surface area (Å²) in [5, 5.41) is 0.716. The van der Waals surface area contributed by atoms with Crippen LogP contribution in [0.4, 0.5) is 0 Å². The fourth-order valence-electron chi connectivity index (χ4n) is 0.797. The van der Waals surface area contributed by atoms with Crippen LogP contribution in [0.5, 0.6) is 0 Å². The average Bonchev–Trinajstić information content (AvgIpc) is 2.13. The van der Waals surface area contributed by atoms with Gasteiger partial charge in [-0.2, -0.15) is 11.8 Å². The van der Waals surface area contributed by atoms with Crippen LogP contribution in [-0.2, 0) is 0 Å². The summed E-state index contributed by atoms with van der Waals surface area (Å²) in [6.07, 6.45) is 4.77. The van der Waals surface area contributed by atoms with Gasteiger partial charge >= 0.3 is 0 Å². The molecule has 0 saturated heterocycles. The minimum atomic E-state index is -0.0811. The van der Waals surface area contributed by atoms with Crippen LogP contribution in [-0.4, -0.2) is 27.7 Å². The predicted molar refractivity (Wildman–Crippen MR) is 58.6 cm³/mol. The maximum atomic E-state index is 10.9. The van der Waals surface area contributed by atoms with E-state index in [9.17, 15) is 4.79 Å². The maximum Gasteiger partial charge on any atom is 0.251 e. The summed E-state index contributed by atoms with van der Waals surface area (Å²) in [5.41, 5.74) is -0.0811. The van der Waals surface area contributed by atoms with Gasteiger partial charge in [-0.1, -0.05) is 11.8 Å². The van der Waals surface area contributed by atoms with Crippen LogP contribution in [0.1, 0.15) is 6.42 Å². The Morgan fingerprint density at radius 1 is 1.54 bits per heavy atom. The molecule has 5 heteroatoms. The molecule has 0 aliphatic heterocycles. The molecule has 3 nitrogen and oxygen atoms in total.